The van der Waals surface area contributed by atoms with Crippen LogP contribution in [0.25, 0.3) is 10.9 Å². The lowest BCUT2D eigenvalue weighted by atomic mass is 10.1. The van der Waals surface area contributed by atoms with E-state index in [0.717, 1.165) is 29.5 Å². The molecule has 0 fully saturated rings. The molecule has 0 saturated carbocycles. The molecule has 0 spiro atoms. The van der Waals surface area contributed by atoms with Gasteiger partial charge < -0.3 is 15.2 Å². The number of hydrogen-bond donors (Lipinski definition) is 1. The number of nitrogens with zero attached hydrogens (tertiary/aromatic N) is 2. The van der Waals surface area contributed by atoms with E-state index in [4.69, 9.17) is 15.2 Å². The molecule has 1 aromatic carbocycles. The van der Waals surface area contributed by atoms with Gasteiger partial charge in [0.05, 0.1) is 11.6 Å². The fraction of sp³-hybridized carbons (Fsp3) is 0.375. The summed E-state index contributed by atoms with van der Waals surface area (Å²) in [5, 5.41) is 1.08. The number of rotatable bonds is 5. The molecule has 0 radical (unpaired) electrons. The number of ether oxygens (including phenoxy) is 2. The zero-order chi connectivity index (χ0) is 14.7. The number of aliphatic imine (C=N–C) groups is 1. The van der Waals surface area contributed by atoms with Crippen LogP contribution in [0.3, 0.4) is 0 Å². The zero-order valence-corrected chi connectivity index (χ0v) is 12.0. The molecule has 2 aromatic rings. The third-order valence-electron chi connectivity index (χ3n) is 3.60. The molecule has 5 nitrogen and oxygen atoms in total. The van der Waals surface area contributed by atoms with Gasteiger partial charge in [0.25, 0.3) is 6.02 Å². The van der Waals surface area contributed by atoms with Gasteiger partial charge in [-0.25, -0.2) is 4.99 Å². The molecule has 0 unspecified atom stereocenters. The van der Waals surface area contributed by atoms with Gasteiger partial charge in [0.2, 0.25) is 0 Å². The van der Waals surface area contributed by atoms with Crippen LogP contribution < -0.4 is 10.5 Å². The van der Waals surface area contributed by atoms with Crippen LogP contribution in [-0.4, -0.2) is 29.8 Å². The third kappa shape index (κ3) is 3.24. The molecule has 1 aromatic heterocycles. The Balaban J connectivity index is 1.70. The van der Waals surface area contributed by atoms with Gasteiger partial charge in [-0.05, 0) is 30.7 Å². The summed E-state index contributed by atoms with van der Waals surface area (Å²) in [5.74, 6) is 0.859. The van der Waals surface area contributed by atoms with Crippen LogP contribution in [0.1, 0.15) is 19.8 Å². The molecule has 21 heavy (non-hydrogen) atoms. The Morgan fingerprint density at radius 1 is 1.43 bits per heavy atom. The van der Waals surface area contributed by atoms with Gasteiger partial charge in [-0.1, -0.05) is 13.0 Å². The maximum absolute atomic E-state index is 6.08. The van der Waals surface area contributed by atoms with Crippen molar-refractivity contribution in [3.8, 4) is 5.75 Å². The van der Waals surface area contributed by atoms with E-state index in [9.17, 15) is 0 Å². The summed E-state index contributed by atoms with van der Waals surface area (Å²) in [6.45, 7) is 2.66. The molecule has 0 aliphatic carbocycles. The number of fused-ring (bicyclic) bond motifs is 1. The number of pyridine rings is 1. The van der Waals surface area contributed by atoms with Gasteiger partial charge in [0.15, 0.2) is 0 Å². The summed E-state index contributed by atoms with van der Waals surface area (Å²) in [6.07, 6.45) is 3.61. The quantitative estimate of drug-likeness (QED) is 0.916. The smallest absolute Gasteiger partial charge is 0.282 e. The molecule has 0 amide bonds. The average molecular weight is 285 g/mol. The van der Waals surface area contributed by atoms with E-state index in [-0.39, 0.29) is 18.2 Å². The molecule has 2 heterocycles. The summed E-state index contributed by atoms with van der Waals surface area (Å²) in [5.41, 5.74) is 6.51. The standard InChI is InChI=1S/C16H19N3O2/c1-2-13(9-12-10-20-16(17)19-12)21-14-5-6-15-11(8-14)4-3-7-18-15/h3-8,12-13H,2,9-10H2,1H3,(H2,17,19)/t12-,13-/m0/s1. The van der Waals surface area contributed by atoms with Gasteiger partial charge in [-0.3, -0.25) is 4.98 Å². The van der Waals surface area contributed by atoms with Crippen LogP contribution >= 0.6 is 0 Å². The number of amidine groups is 1. The Morgan fingerprint density at radius 2 is 2.33 bits per heavy atom. The topological polar surface area (TPSA) is 69.7 Å². The average Bonchev–Trinajstić information content (AvgIpc) is 2.91. The maximum atomic E-state index is 6.08. The van der Waals surface area contributed by atoms with Gasteiger partial charge in [0.1, 0.15) is 18.5 Å². The van der Waals surface area contributed by atoms with Crippen molar-refractivity contribution >= 4 is 16.9 Å². The molecule has 3 rings (SSSR count). The highest BCUT2D eigenvalue weighted by molar-refractivity contribution is 5.79. The summed E-state index contributed by atoms with van der Waals surface area (Å²) in [7, 11) is 0. The lowest BCUT2D eigenvalue weighted by Crippen LogP contribution is -2.22. The summed E-state index contributed by atoms with van der Waals surface area (Å²) < 4.78 is 11.3. The summed E-state index contributed by atoms with van der Waals surface area (Å²) in [6, 6.07) is 10.3. The van der Waals surface area contributed by atoms with Gasteiger partial charge in [-0.2, -0.15) is 0 Å². The molecule has 110 valence electrons. The minimum Gasteiger partial charge on any atom is -0.490 e. The molecule has 5 heteroatoms. The largest absolute Gasteiger partial charge is 0.490 e. The first-order valence-electron chi connectivity index (χ1n) is 7.22. The van der Waals surface area contributed by atoms with Crippen LogP contribution in [0.5, 0.6) is 5.75 Å². The highest BCUT2D eigenvalue weighted by atomic mass is 16.5. The van der Waals surface area contributed by atoms with Gasteiger partial charge in [0, 0.05) is 18.0 Å². The molecular weight excluding hydrogens is 266 g/mol. The first-order valence-corrected chi connectivity index (χ1v) is 7.22. The number of benzene rings is 1. The Bertz CT molecular complexity index is 657. The molecule has 2 N–H and O–H groups in total. The van der Waals surface area contributed by atoms with E-state index in [1.807, 2.05) is 30.3 Å². The lowest BCUT2D eigenvalue weighted by Gasteiger charge is -2.19. The fourth-order valence-electron chi connectivity index (χ4n) is 2.48. The van der Waals surface area contributed by atoms with E-state index < -0.39 is 0 Å². The maximum Gasteiger partial charge on any atom is 0.282 e. The van der Waals surface area contributed by atoms with Crippen molar-refractivity contribution in [2.24, 2.45) is 10.7 Å². The normalized spacial score (nSPS) is 19.1. The highest BCUT2D eigenvalue weighted by Gasteiger charge is 2.21. The zero-order valence-electron chi connectivity index (χ0n) is 12.0. The van der Waals surface area contributed by atoms with Crippen molar-refractivity contribution in [1.29, 1.82) is 0 Å². The minimum absolute atomic E-state index is 0.0945. The Hall–Kier alpha value is -2.30. The Kier molecular flexibility index (Phi) is 3.90. The van der Waals surface area contributed by atoms with Crippen molar-refractivity contribution in [3.05, 3.63) is 36.5 Å². The van der Waals surface area contributed by atoms with Gasteiger partial charge in [-0.15, -0.1) is 0 Å². The van der Waals surface area contributed by atoms with Crippen LogP contribution in [0, 0.1) is 0 Å². The molecular formula is C16H19N3O2. The van der Waals surface area contributed by atoms with Crippen LogP contribution in [0.2, 0.25) is 0 Å². The fourth-order valence-corrected chi connectivity index (χ4v) is 2.48. The Labute approximate surface area is 123 Å². The number of hydrogen-bond acceptors (Lipinski definition) is 5. The van der Waals surface area contributed by atoms with Crippen molar-refractivity contribution in [1.82, 2.24) is 4.98 Å². The van der Waals surface area contributed by atoms with E-state index in [0.29, 0.717) is 6.61 Å². The molecule has 1 aliphatic heterocycles. The number of nitrogens with two attached hydrogens (primary N) is 1. The van der Waals surface area contributed by atoms with Crippen LogP contribution in [0.15, 0.2) is 41.5 Å². The molecule has 2 atom stereocenters. The van der Waals surface area contributed by atoms with E-state index in [1.54, 1.807) is 6.20 Å². The van der Waals surface area contributed by atoms with E-state index >= 15 is 0 Å². The number of aromatic nitrogens is 1. The van der Waals surface area contributed by atoms with Crippen molar-refractivity contribution in [2.45, 2.75) is 31.9 Å². The third-order valence-corrected chi connectivity index (χ3v) is 3.60. The monoisotopic (exact) mass is 285 g/mol. The second kappa shape index (κ2) is 5.99. The summed E-state index contributed by atoms with van der Waals surface area (Å²) >= 11 is 0. The molecule has 0 bridgehead atoms. The SMILES string of the molecule is CC[C@@H](C[C@H]1COC(N)=N1)Oc1ccc2ncccc2c1. The molecule has 1 aliphatic rings. The Morgan fingerprint density at radius 3 is 3.10 bits per heavy atom. The predicted octanol–water partition coefficient (Wildman–Crippen LogP) is 2.50. The van der Waals surface area contributed by atoms with Crippen LogP contribution in [0.4, 0.5) is 0 Å². The first-order chi connectivity index (χ1) is 10.2. The van der Waals surface area contributed by atoms with E-state index in [1.165, 1.54) is 0 Å². The highest BCUT2D eigenvalue weighted by Crippen LogP contribution is 2.22. The second-order valence-electron chi connectivity index (χ2n) is 5.17. The predicted molar refractivity (Wildman–Crippen MR) is 82.4 cm³/mol. The second-order valence-corrected chi connectivity index (χ2v) is 5.17. The lowest BCUT2D eigenvalue weighted by molar-refractivity contribution is 0.168. The molecule has 0 saturated heterocycles. The van der Waals surface area contributed by atoms with Gasteiger partial charge >= 0.3 is 0 Å². The first kappa shape index (κ1) is 13.7. The van der Waals surface area contributed by atoms with E-state index in [2.05, 4.69) is 16.9 Å². The minimum atomic E-state index is 0.0945. The van der Waals surface area contributed by atoms with Crippen molar-refractivity contribution in [3.63, 3.8) is 0 Å². The van der Waals surface area contributed by atoms with Crippen LogP contribution in [-0.2, 0) is 4.74 Å². The van der Waals surface area contributed by atoms with Crippen molar-refractivity contribution < 1.29 is 9.47 Å². The van der Waals surface area contributed by atoms with Crippen molar-refractivity contribution in [2.75, 3.05) is 6.61 Å². The summed E-state index contributed by atoms with van der Waals surface area (Å²) in [4.78, 5) is 8.56.